The molecule has 260 valence electrons. The van der Waals surface area contributed by atoms with Crippen LogP contribution in [0.1, 0.15) is 0 Å². The van der Waals surface area contributed by atoms with Gasteiger partial charge in [-0.3, -0.25) is 0 Å². The summed E-state index contributed by atoms with van der Waals surface area (Å²) < 4.78 is -41.9. The highest BCUT2D eigenvalue weighted by atomic mass is 35.6. The number of halogens is 29. The first kappa shape index (κ1) is 51.4. The average Bonchev–Trinajstić information content (AvgIpc) is 2.76. The smallest absolute Gasteiger partial charge is 0.102 e. The first-order valence-corrected chi connectivity index (χ1v) is 19.9. The van der Waals surface area contributed by atoms with E-state index in [2.05, 4.69) is 0 Å². The lowest BCUT2D eigenvalue weighted by molar-refractivity contribution is 0.408. The molecule has 0 bridgehead atoms. The molecule has 0 aliphatic carbocycles. The summed E-state index contributed by atoms with van der Waals surface area (Å²) in [4.78, 5) is -1.86. The van der Waals surface area contributed by atoms with E-state index < -0.39 is 60.6 Å². The Morgan fingerprint density at radius 3 is 0.488 bits per heavy atom. The number of hydrogen-bond acceptors (Lipinski definition) is 0. The van der Waals surface area contributed by atoms with Crippen molar-refractivity contribution >= 4 is 336 Å². The Morgan fingerprint density at radius 1 is 0.209 bits per heavy atom. The van der Waals surface area contributed by atoms with Crippen molar-refractivity contribution in [2.45, 2.75) is 60.6 Å². The van der Waals surface area contributed by atoms with E-state index in [-0.39, 0.29) is 0 Å². The SMILES string of the molecule is ClC(Cl)C(Cl)(Cl)C(Cl)(Cl)C(Cl)(Cl)C(Cl)(Cl)C(Cl)(Cl)C(Cl)(Cl)C(Cl)(Cl)C(Cl)(Cl)C(Cl)(Cl)C(Cl)(Cl)C(Cl)(Cl)C(Cl)(Cl)C(Cl)(Cl)Cl. The van der Waals surface area contributed by atoms with Crippen molar-refractivity contribution in [1.82, 2.24) is 0 Å². The molecule has 0 spiro atoms. The second-order valence-corrected chi connectivity index (χ2v) is 27.1. The van der Waals surface area contributed by atoms with E-state index in [1.807, 2.05) is 0 Å². The van der Waals surface area contributed by atoms with Gasteiger partial charge in [-0.15, -0.1) is 23.2 Å². The van der Waals surface area contributed by atoms with Crippen LogP contribution in [0.3, 0.4) is 0 Å². The molecule has 0 aliphatic heterocycles. The van der Waals surface area contributed by atoms with Crippen LogP contribution < -0.4 is 0 Å². The van der Waals surface area contributed by atoms with Gasteiger partial charge in [0.15, 0.2) is 47.7 Å². The average molecular weight is 1200 g/mol. The van der Waals surface area contributed by atoms with Gasteiger partial charge in [-0.2, -0.15) is 0 Å². The largest absolute Gasteiger partial charge is 0.226 e. The van der Waals surface area contributed by atoms with Gasteiger partial charge >= 0.3 is 0 Å². The zero-order valence-electron chi connectivity index (χ0n) is 18.0. The molecule has 0 unspecified atom stereocenters. The minimum absolute atomic E-state index is 1.86. The van der Waals surface area contributed by atoms with E-state index in [1.165, 1.54) is 0 Å². The molecule has 0 aromatic rings. The third-order valence-corrected chi connectivity index (χ3v) is 25.3. The van der Waals surface area contributed by atoms with Crippen LogP contribution in [-0.4, -0.2) is 60.6 Å². The Bertz CT molecular complexity index is 1010. The molecule has 0 amide bonds. The van der Waals surface area contributed by atoms with Crippen molar-refractivity contribution < 1.29 is 0 Å². The van der Waals surface area contributed by atoms with Crippen LogP contribution in [0.25, 0.3) is 0 Å². The first-order valence-electron chi connectivity index (χ1n) is 8.83. The monoisotopic (exact) mass is 1180 g/mol. The summed E-state index contributed by atoms with van der Waals surface area (Å²) in [6.45, 7) is 0. The van der Waals surface area contributed by atoms with Crippen LogP contribution in [0, 0.1) is 0 Å². The summed E-state index contributed by atoms with van der Waals surface area (Å²) in [5.74, 6) is 0. The summed E-state index contributed by atoms with van der Waals surface area (Å²) in [6.07, 6.45) is 0. The third-order valence-electron chi connectivity index (χ3n) is 4.99. The van der Waals surface area contributed by atoms with Gasteiger partial charge in [0.2, 0.25) is 8.13 Å². The van der Waals surface area contributed by atoms with Gasteiger partial charge in [0.1, 0.15) is 4.84 Å². The van der Waals surface area contributed by atoms with Crippen LogP contribution in [0.2, 0.25) is 0 Å². The van der Waals surface area contributed by atoms with E-state index in [9.17, 15) is 0 Å². The fourth-order valence-corrected chi connectivity index (χ4v) is 11.7. The molecule has 0 aromatic heterocycles. The molecule has 0 aromatic carbocycles. The van der Waals surface area contributed by atoms with Crippen LogP contribution in [0.5, 0.6) is 0 Å². The highest BCUT2D eigenvalue weighted by Crippen LogP contribution is 2.76. The molecule has 0 nitrogen and oxygen atoms in total. The van der Waals surface area contributed by atoms with E-state index in [0.717, 1.165) is 0 Å². The molecule has 0 rings (SSSR count). The fourth-order valence-electron chi connectivity index (χ4n) is 2.30. The highest BCUT2D eigenvalue weighted by Gasteiger charge is 2.86. The maximum absolute atomic E-state index is 6.45. The normalized spacial score (nSPS) is 17.2. The van der Waals surface area contributed by atoms with Crippen molar-refractivity contribution in [2.75, 3.05) is 0 Å². The van der Waals surface area contributed by atoms with Crippen LogP contribution in [0.15, 0.2) is 0 Å². The molecule has 29 heteroatoms. The minimum Gasteiger partial charge on any atom is -0.102 e. The van der Waals surface area contributed by atoms with Crippen molar-refractivity contribution in [3.63, 3.8) is 0 Å². The second kappa shape index (κ2) is 15.4. The predicted octanol–water partition coefficient (Wildman–Crippen LogP) is 17.2. The molecule has 43 heavy (non-hydrogen) atoms. The zero-order valence-corrected chi connectivity index (χ0v) is 40.0. The Hall–Kier alpha value is 8.41. The second-order valence-electron chi connectivity index (χ2n) is 7.74. The maximum Gasteiger partial charge on any atom is 0.226 e. The van der Waals surface area contributed by atoms with Gasteiger partial charge < -0.3 is 0 Å². The van der Waals surface area contributed by atoms with Crippen molar-refractivity contribution in [1.29, 1.82) is 0 Å². The minimum atomic E-state index is -3.47. The third kappa shape index (κ3) is 7.88. The van der Waals surface area contributed by atoms with Crippen LogP contribution >= 0.6 is 336 Å². The van der Waals surface area contributed by atoms with Gasteiger partial charge in [0.25, 0.3) is 0 Å². The Labute approximate surface area is 390 Å². The van der Waals surface area contributed by atoms with Gasteiger partial charge in [-0.25, -0.2) is 0 Å². The summed E-state index contributed by atoms with van der Waals surface area (Å²) in [6, 6.07) is 0. The summed E-state index contributed by atoms with van der Waals surface area (Å²) in [5.41, 5.74) is 0. The van der Waals surface area contributed by atoms with Gasteiger partial charge in [-0.1, -0.05) is 313 Å². The van der Waals surface area contributed by atoms with E-state index in [0.29, 0.717) is 0 Å². The lowest BCUT2D eigenvalue weighted by Gasteiger charge is -2.57. The molecule has 0 N–H and O–H groups in total. The molecule has 0 saturated carbocycles. The van der Waals surface area contributed by atoms with Crippen molar-refractivity contribution in [2.24, 2.45) is 0 Å². The quantitative estimate of drug-likeness (QED) is 0.171. The predicted molar refractivity (Wildman–Crippen MR) is 209 cm³/mol. The molecular formula is C14HCl29. The van der Waals surface area contributed by atoms with E-state index in [1.54, 1.807) is 0 Å². The van der Waals surface area contributed by atoms with Gasteiger partial charge in [0, 0.05) is 0 Å². The topological polar surface area (TPSA) is 0 Å². The van der Waals surface area contributed by atoms with Gasteiger partial charge in [-0.05, 0) is 0 Å². The van der Waals surface area contributed by atoms with Crippen molar-refractivity contribution in [3.05, 3.63) is 0 Å². The first-order chi connectivity index (χ1) is 17.9. The fraction of sp³-hybridized carbons (Fsp3) is 1.00. The van der Waals surface area contributed by atoms with Crippen molar-refractivity contribution in [3.8, 4) is 0 Å². The zero-order chi connectivity index (χ0) is 36.1. The standard InChI is InChI=1S/C14HCl29/c15-1(16)2(17,18)3(19,20)4(21,22)5(23,24)6(25,26)7(27,28)8(29,30)9(31,32)10(33,34)11(35,36)12(37,38)13(39,40)14(41,42)43/h1H. The lowest BCUT2D eigenvalue weighted by atomic mass is 9.98. The van der Waals surface area contributed by atoms with E-state index in [4.69, 9.17) is 336 Å². The Kier molecular flexibility index (Phi) is 18.4. The van der Waals surface area contributed by atoms with E-state index >= 15 is 0 Å². The number of hydrogen-bond donors (Lipinski definition) is 0. The molecule has 0 saturated heterocycles. The summed E-state index contributed by atoms with van der Waals surface area (Å²) in [5, 5.41) is 0. The lowest BCUT2D eigenvalue weighted by Crippen LogP contribution is -2.74. The molecule has 0 fully saturated rings. The highest BCUT2D eigenvalue weighted by molar-refractivity contribution is 6.85. The molecular weight excluding hydrogens is 1200 g/mol. The van der Waals surface area contributed by atoms with Crippen LogP contribution in [-0.2, 0) is 0 Å². The number of rotatable bonds is 12. The maximum atomic E-state index is 6.45. The molecule has 0 atom stereocenters. The Balaban J connectivity index is 7.47. The molecule has 0 heterocycles. The number of alkyl halides is 29. The molecule has 0 aliphatic rings. The Morgan fingerprint density at radius 2 is 0.349 bits per heavy atom. The summed E-state index contributed by atoms with van der Waals surface area (Å²) in [7, 11) is 0. The molecule has 0 radical (unpaired) electrons. The van der Waals surface area contributed by atoms with Gasteiger partial charge in [0.05, 0.1) is 0 Å². The van der Waals surface area contributed by atoms with Crippen LogP contribution in [0.4, 0.5) is 0 Å². The summed E-state index contributed by atoms with van der Waals surface area (Å²) >= 11 is 181.